The van der Waals surface area contributed by atoms with Crippen molar-refractivity contribution >= 4 is 11.8 Å². The summed E-state index contributed by atoms with van der Waals surface area (Å²) >= 11 is 1.87. The fourth-order valence-corrected chi connectivity index (χ4v) is 10.3. The molecular formula is C54H37N3S. The van der Waals surface area contributed by atoms with Gasteiger partial charge in [0.05, 0.1) is 22.5 Å². The average molecular weight is 760 g/mol. The summed E-state index contributed by atoms with van der Waals surface area (Å²) < 4.78 is 0. The van der Waals surface area contributed by atoms with E-state index in [4.69, 9.17) is 15.0 Å². The second kappa shape index (κ2) is 13.7. The average Bonchev–Trinajstić information content (AvgIpc) is 3.56. The minimum absolute atomic E-state index is 0.546. The molecule has 9 aromatic rings. The monoisotopic (exact) mass is 759 g/mol. The van der Waals surface area contributed by atoms with Gasteiger partial charge in [0, 0.05) is 37.7 Å². The standard InChI is InChI=1S/C54H37N3S/c1-34-29-35(2)55-48(30-34)38-23-21-36(22-24-38)40-26-28-52-47(31-40)54(45-19-11-12-20-51(45)58-52)44-18-10-9-17-42(44)43-27-25-41(32-46(43)54)50-33-49(37-13-5-3-6-14-37)56-53(57-50)39-15-7-4-8-16-39/h3-33H,1-2H3. The van der Waals surface area contributed by atoms with Crippen molar-refractivity contribution in [2.75, 3.05) is 0 Å². The Morgan fingerprint density at radius 3 is 1.69 bits per heavy atom. The molecule has 1 spiro atoms. The molecule has 1 atom stereocenters. The fraction of sp³-hybridized carbons (Fsp3) is 0.0556. The van der Waals surface area contributed by atoms with Crippen LogP contribution in [-0.4, -0.2) is 15.0 Å². The van der Waals surface area contributed by atoms with Crippen LogP contribution in [0.4, 0.5) is 0 Å². The smallest absolute Gasteiger partial charge is 0.160 e. The van der Waals surface area contributed by atoms with E-state index in [1.807, 2.05) is 36.0 Å². The molecule has 58 heavy (non-hydrogen) atoms. The first-order valence-corrected chi connectivity index (χ1v) is 20.6. The van der Waals surface area contributed by atoms with Gasteiger partial charge in [0.25, 0.3) is 0 Å². The molecule has 2 aromatic heterocycles. The van der Waals surface area contributed by atoms with Gasteiger partial charge in [-0.1, -0.05) is 157 Å². The molecule has 11 rings (SSSR count). The number of fused-ring (bicyclic) bond motifs is 9. The summed E-state index contributed by atoms with van der Waals surface area (Å²) in [5.41, 5.74) is 18.8. The van der Waals surface area contributed by atoms with Crippen LogP contribution in [0.5, 0.6) is 0 Å². The zero-order chi connectivity index (χ0) is 38.8. The van der Waals surface area contributed by atoms with Gasteiger partial charge in [-0.25, -0.2) is 9.97 Å². The Balaban J connectivity index is 1.12. The highest BCUT2D eigenvalue weighted by atomic mass is 32.2. The third-order valence-electron chi connectivity index (χ3n) is 11.7. The summed E-state index contributed by atoms with van der Waals surface area (Å²) in [5, 5.41) is 0. The highest BCUT2D eigenvalue weighted by Crippen LogP contribution is 2.62. The maximum atomic E-state index is 5.27. The SMILES string of the molecule is Cc1cc(C)nc(-c2ccc(-c3ccc4c(c3)C3(c5ccccc5S4)c4ccccc4-c4ccc(-c5cc(-c6ccccc6)nc(-c6ccccc6)n5)cc43)cc2)c1. The maximum Gasteiger partial charge on any atom is 0.160 e. The largest absolute Gasteiger partial charge is 0.253 e. The summed E-state index contributed by atoms with van der Waals surface area (Å²) in [4.78, 5) is 17.8. The second-order valence-corrected chi connectivity index (χ2v) is 16.4. The zero-order valence-electron chi connectivity index (χ0n) is 32.1. The maximum absolute atomic E-state index is 5.27. The lowest BCUT2D eigenvalue weighted by molar-refractivity contribution is 0.723. The number of nitrogens with zero attached hydrogens (tertiary/aromatic N) is 3. The number of aryl methyl sites for hydroxylation is 2. The third-order valence-corrected chi connectivity index (χ3v) is 12.8. The van der Waals surface area contributed by atoms with Gasteiger partial charge in [-0.3, -0.25) is 4.98 Å². The predicted molar refractivity (Wildman–Crippen MR) is 238 cm³/mol. The minimum atomic E-state index is -0.546. The highest BCUT2D eigenvalue weighted by molar-refractivity contribution is 7.99. The van der Waals surface area contributed by atoms with E-state index in [0.29, 0.717) is 5.82 Å². The van der Waals surface area contributed by atoms with Crippen molar-refractivity contribution < 1.29 is 0 Å². The summed E-state index contributed by atoms with van der Waals surface area (Å²) in [6.07, 6.45) is 0. The number of rotatable bonds is 5. The van der Waals surface area contributed by atoms with Crippen LogP contribution < -0.4 is 0 Å². The third kappa shape index (κ3) is 5.55. The van der Waals surface area contributed by atoms with Gasteiger partial charge < -0.3 is 0 Å². The lowest BCUT2D eigenvalue weighted by atomic mass is 9.66. The first-order chi connectivity index (χ1) is 28.5. The Bertz CT molecular complexity index is 2970. The number of hydrogen-bond acceptors (Lipinski definition) is 4. The van der Waals surface area contributed by atoms with Gasteiger partial charge >= 0.3 is 0 Å². The zero-order valence-corrected chi connectivity index (χ0v) is 33.0. The van der Waals surface area contributed by atoms with E-state index in [1.54, 1.807) is 0 Å². The quantitative estimate of drug-likeness (QED) is 0.175. The second-order valence-electron chi connectivity index (χ2n) is 15.3. The molecule has 0 amide bonds. The molecular weight excluding hydrogens is 723 g/mol. The van der Waals surface area contributed by atoms with Crippen LogP contribution in [0.25, 0.3) is 67.4 Å². The summed E-state index contributed by atoms with van der Waals surface area (Å²) in [5.74, 6) is 0.712. The molecule has 1 unspecified atom stereocenters. The van der Waals surface area contributed by atoms with Crippen molar-refractivity contribution in [2.45, 2.75) is 29.1 Å². The van der Waals surface area contributed by atoms with Gasteiger partial charge in [0.15, 0.2) is 5.82 Å². The van der Waals surface area contributed by atoms with E-state index in [0.717, 1.165) is 45.0 Å². The molecule has 0 fully saturated rings. The molecule has 1 aliphatic carbocycles. The highest BCUT2D eigenvalue weighted by Gasteiger charge is 2.50. The summed E-state index contributed by atoms with van der Waals surface area (Å²) in [6, 6.07) is 68.1. The van der Waals surface area contributed by atoms with Crippen molar-refractivity contribution in [3.8, 4) is 67.4 Å². The topological polar surface area (TPSA) is 38.7 Å². The minimum Gasteiger partial charge on any atom is -0.253 e. The first kappa shape index (κ1) is 34.4. The number of aromatic nitrogens is 3. The lowest BCUT2D eigenvalue weighted by Gasteiger charge is -2.40. The lowest BCUT2D eigenvalue weighted by Crippen LogP contribution is -2.32. The Labute approximate surface area is 343 Å². The van der Waals surface area contributed by atoms with Crippen molar-refractivity contribution in [2.24, 2.45) is 0 Å². The van der Waals surface area contributed by atoms with E-state index in [-0.39, 0.29) is 0 Å². The Hall–Kier alpha value is -6.88. The predicted octanol–water partition coefficient (Wildman–Crippen LogP) is 13.7. The Kier molecular flexibility index (Phi) is 8.09. The molecule has 274 valence electrons. The van der Waals surface area contributed by atoms with E-state index in [1.165, 1.54) is 59.9 Å². The molecule has 1 aliphatic heterocycles. The molecule has 0 saturated carbocycles. The van der Waals surface area contributed by atoms with Gasteiger partial charge in [0.2, 0.25) is 0 Å². The molecule has 3 nitrogen and oxygen atoms in total. The van der Waals surface area contributed by atoms with Crippen molar-refractivity contribution in [3.63, 3.8) is 0 Å². The molecule has 2 aliphatic rings. The Morgan fingerprint density at radius 2 is 0.914 bits per heavy atom. The van der Waals surface area contributed by atoms with Crippen LogP contribution in [0.3, 0.4) is 0 Å². The number of benzene rings is 7. The van der Waals surface area contributed by atoms with Crippen molar-refractivity contribution in [3.05, 3.63) is 222 Å². The molecule has 0 N–H and O–H groups in total. The fourth-order valence-electron chi connectivity index (χ4n) is 9.13. The molecule has 7 aromatic carbocycles. The van der Waals surface area contributed by atoms with Gasteiger partial charge in [-0.05, 0) is 106 Å². The molecule has 3 heterocycles. The van der Waals surface area contributed by atoms with Gasteiger partial charge in [-0.15, -0.1) is 0 Å². The van der Waals surface area contributed by atoms with Gasteiger partial charge in [0.1, 0.15) is 0 Å². The van der Waals surface area contributed by atoms with E-state index in [2.05, 4.69) is 178 Å². The van der Waals surface area contributed by atoms with Crippen LogP contribution in [0.2, 0.25) is 0 Å². The van der Waals surface area contributed by atoms with Crippen molar-refractivity contribution in [1.82, 2.24) is 15.0 Å². The Morgan fingerprint density at radius 1 is 0.362 bits per heavy atom. The number of pyridine rings is 1. The number of hydrogen-bond donors (Lipinski definition) is 0. The van der Waals surface area contributed by atoms with Crippen LogP contribution in [0.1, 0.15) is 33.5 Å². The van der Waals surface area contributed by atoms with E-state index >= 15 is 0 Å². The van der Waals surface area contributed by atoms with Crippen LogP contribution >= 0.6 is 11.8 Å². The van der Waals surface area contributed by atoms with Gasteiger partial charge in [-0.2, -0.15) is 0 Å². The van der Waals surface area contributed by atoms with Crippen LogP contribution in [0.15, 0.2) is 198 Å². The molecule has 0 radical (unpaired) electrons. The summed E-state index contributed by atoms with van der Waals surface area (Å²) in [7, 11) is 0. The van der Waals surface area contributed by atoms with Crippen molar-refractivity contribution in [1.29, 1.82) is 0 Å². The van der Waals surface area contributed by atoms with E-state index in [9.17, 15) is 0 Å². The van der Waals surface area contributed by atoms with Crippen LogP contribution in [0, 0.1) is 13.8 Å². The normalized spacial score (nSPS) is 14.7. The van der Waals surface area contributed by atoms with Crippen LogP contribution in [-0.2, 0) is 5.41 Å². The molecule has 4 heteroatoms. The van der Waals surface area contributed by atoms with E-state index < -0.39 is 5.41 Å². The molecule has 0 bridgehead atoms. The first-order valence-electron chi connectivity index (χ1n) is 19.8. The molecule has 0 saturated heterocycles. The summed E-state index contributed by atoms with van der Waals surface area (Å²) in [6.45, 7) is 4.19.